The molecule has 7 nitrogen and oxygen atoms in total. The van der Waals surface area contributed by atoms with Crippen molar-refractivity contribution in [2.45, 2.75) is 57.6 Å². The van der Waals surface area contributed by atoms with Crippen LogP contribution >= 0.6 is 0 Å². The number of unbranched alkanes of at least 4 members (excludes halogenated alkanes) is 2. The average molecular weight is 392 g/mol. The highest BCUT2D eigenvalue weighted by Crippen LogP contribution is 2.34. The smallest absolute Gasteiger partial charge is 0.220 e. The van der Waals surface area contributed by atoms with Gasteiger partial charge in [0.1, 0.15) is 31.9 Å². The van der Waals surface area contributed by atoms with E-state index in [0.29, 0.717) is 49.8 Å². The second-order valence-corrected chi connectivity index (χ2v) is 7.87. The van der Waals surface area contributed by atoms with E-state index in [1.165, 1.54) is 0 Å². The number of nitrogens with one attached hydrogen (secondary N) is 1. The average Bonchev–Trinajstić information content (AvgIpc) is 3.13. The molecule has 1 aromatic carbocycles. The van der Waals surface area contributed by atoms with E-state index < -0.39 is 12.1 Å². The molecule has 156 valence electrons. The van der Waals surface area contributed by atoms with Crippen molar-refractivity contribution in [1.82, 2.24) is 5.32 Å². The fourth-order valence-corrected chi connectivity index (χ4v) is 3.97. The normalized spacial score (nSPS) is 19.8. The second kappa shape index (κ2) is 9.58. The summed E-state index contributed by atoms with van der Waals surface area (Å²) in [6.45, 7) is 4.30. The highest BCUT2D eigenvalue weighted by atomic mass is 16.6. The Hall–Kier alpha value is -1.83. The van der Waals surface area contributed by atoms with Gasteiger partial charge in [-0.15, -0.1) is 0 Å². The fraction of sp³-hybridized carbons (Fsp3) is 0.667. The molecule has 2 atom stereocenters. The number of ether oxygens (including phenoxy) is 2. The minimum absolute atomic E-state index is 0.110. The van der Waals surface area contributed by atoms with Crippen LogP contribution in [0.4, 0.5) is 0 Å². The number of aliphatic hydroxyl groups is 1. The summed E-state index contributed by atoms with van der Waals surface area (Å²) in [5.41, 5.74) is 0.619. The van der Waals surface area contributed by atoms with E-state index in [2.05, 4.69) is 12.2 Å². The molecule has 1 fully saturated rings. The predicted molar refractivity (Wildman–Crippen MR) is 106 cm³/mol. The lowest BCUT2D eigenvalue weighted by molar-refractivity contribution is -0.869. The van der Waals surface area contributed by atoms with Gasteiger partial charge in [-0.25, -0.2) is 0 Å². The van der Waals surface area contributed by atoms with Crippen LogP contribution < -0.4 is 14.8 Å². The number of nitrogens with zero attached hydrogens (tertiary/aromatic N) is 1. The first-order valence-electron chi connectivity index (χ1n) is 10.4. The van der Waals surface area contributed by atoms with Crippen LogP contribution in [-0.4, -0.2) is 54.5 Å². The molecule has 1 amide bonds. The SMILES string of the molecule is CCCCCC(=O)N[C@H](C[N+]1([O-])CCCC1)[C@H](O)c1ccc2c(c1)OCCO2. The van der Waals surface area contributed by atoms with Crippen LogP contribution in [0, 0.1) is 5.21 Å². The number of carbonyl (C=O) groups is 1. The number of hydroxylamine groups is 3. The van der Waals surface area contributed by atoms with Crippen molar-refractivity contribution in [3.05, 3.63) is 29.0 Å². The second-order valence-electron chi connectivity index (χ2n) is 7.87. The number of hydrogen-bond acceptors (Lipinski definition) is 5. The molecule has 0 aliphatic carbocycles. The quantitative estimate of drug-likeness (QED) is 0.383. The molecule has 2 heterocycles. The fourth-order valence-electron chi connectivity index (χ4n) is 3.97. The number of hydrogen-bond donors (Lipinski definition) is 2. The Kier molecular flexibility index (Phi) is 7.15. The number of fused-ring (bicyclic) bond motifs is 1. The van der Waals surface area contributed by atoms with Crippen LogP contribution in [0.3, 0.4) is 0 Å². The first kappa shape index (κ1) is 20.9. The zero-order valence-corrected chi connectivity index (χ0v) is 16.7. The standard InChI is InChI=1S/C21H32N2O5/c1-2-3-4-7-20(24)22-17(15-23(26)10-5-6-11-23)21(25)16-8-9-18-19(14-16)28-13-12-27-18/h8-9,14,17,21,25H,2-7,10-13,15H2,1H3,(H,22,24)/t17-,21-/m1/s1. The van der Waals surface area contributed by atoms with E-state index in [-0.39, 0.29) is 17.1 Å². The van der Waals surface area contributed by atoms with Crippen molar-refractivity contribution < 1.29 is 24.0 Å². The Morgan fingerprint density at radius 1 is 1.21 bits per heavy atom. The van der Waals surface area contributed by atoms with Gasteiger partial charge >= 0.3 is 0 Å². The predicted octanol–water partition coefficient (Wildman–Crippen LogP) is 2.66. The number of rotatable bonds is 9. The first-order chi connectivity index (χ1) is 13.5. The molecule has 2 aliphatic rings. The molecule has 1 saturated heterocycles. The van der Waals surface area contributed by atoms with Gasteiger partial charge in [0.25, 0.3) is 0 Å². The Morgan fingerprint density at radius 3 is 2.64 bits per heavy atom. The number of aliphatic hydroxyl groups excluding tert-OH is 1. The van der Waals surface area contributed by atoms with Gasteiger partial charge in [-0.2, -0.15) is 0 Å². The van der Waals surface area contributed by atoms with E-state index >= 15 is 0 Å². The minimum atomic E-state index is -0.976. The van der Waals surface area contributed by atoms with Crippen LogP contribution in [0.15, 0.2) is 18.2 Å². The van der Waals surface area contributed by atoms with Crippen molar-refractivity contribution in [1.29, 1.82) is 0 Å². The summed E-state index contributed by atoms with van der Waals surface area (Å²) in [7, 11) is 0. The molecule has 0 unspecified atom stereocenters. The molecular weight excluding hydrogens is 360 g/mol. The van der Waals surface area contributed by atoms with Gasteiger partial charge in [0.2, 0.25) is 5.91 Å². The summed E-state index contributed by atoms with van der Waals surface area (Å²) in [5.74, 6) is 1.12. The zero-order chi connectivity index (χ0) is 20.0. The summed E-state index contributed by atoms with van der Waals surface area (Å²) in [6.07, 6.45) is 4.06. The number of carbonyl (C=O) groups excluding carboxylic acids is 1. The maximum Gasteiger partial charge on any atom is 0.220 e. The van der Waals surface area contributed by atoms with Crippen molar-refractivity contribution in [3.63, 3.8) is 0 Å². The maximum absolute atomic E-state index is 13.0. The third kappa shape index (κ3) is 5.37. The highest BCUT2D eigenvalue weighted by Gasteiger charge is 2.33. The minimum Gasteiger partial charge on any atom is -0.633 e. The van der Waals surface area contributed by atoms with E-state index in [0.717, 1.165) is 32.1 Å². The largest absolute Gasteiger partial charge is 0.633 e. The van der Waals surface area contributed by atoms with E-state index in [9.17, 15) is 15.1 Å². The third-order valence-corrected chi connectivity index (χ3v) is 5.55. The Morgan fingerprint density at radius 2 is 1.93 bits per heavy atom. The molecule has 3 rings (SSSR count). The van der Waals surface area contributed by atoms with Crippen LogP contribution in [0.25, 0.3) is 0 Å². The zero-order valence-electron chi connectivity index (χ0n) is 16.7. The molecule has 0 spiro atoms. The molecule has 2 aliphatic heterocycles. The molecule has 0 saturated carbocycles. The van der Waals surface area contributed by atoms with Crippen molar-refractivity contribution in [2.75, 3.05) is 32.8 Å². The van der Waals surface area contributed by atoms with E-state index in [1.54, 1.807) is 18.2 Å². The van der Waals surface area contributed by atoms with Gasteiger partial charge in [-0.05, 0) is 24.1 Å². The Bertz CT molecular complexity index is 660. The maximum atomic E-state index is 13.0. The lowest BCUT2D eigenvalue weighted by Crippen LogP contribution is -2.53. The van der Waals surface area contributed by atoms with Crippen molar-refractivity contribution >= 4 is 5.91 Å². The van der Waals surface area contributed by atoms with E-state index in [4.69, 9.17) is 9.47 Å². The van der Waals surface area contributed by atoms with Gasteiger partial charge in [0.15, 0.2) is 11.5 Å². The van der Waals surface area contributed by atoms with Crippen molar-refractivity contribution in [3.8, 4) is 11.5 Å². The van der Waals surface area contributed by atoms with Crippen LogP contribution in [0.5, 0.6) is 11.5 Å². The number of quaternary nitrogens is 1. The molecule has 0 aromatic heterocycles. The van der Waals surface area contributed by atoms with E-state index in [1.807, 2.05) is 0 Å². The third-order valence-electron chi connectivity index (χ3n) is 5.55. The summed E-state index contributed by atoms with van der Waals surface area (Å²) in [5, 5.41) is 26.9. The topological polar surface area (TPSA) is 90.9 Å². The molecule has 0 bridgehead atoms. The Balaban J connectivity index is 1.73. The summed E-state index contributed by atoms with van der Waals surface area (Å²) < 4.78 is 10.8. The van der Waals surface area contributed by atoms with Gasteiger partial charge in [0, 0.05) is 19.3 Å². The molecular formula is C21H32N2O5. The van der Waals surface area contributed by atoms with Gasteiger partial charge in [0.05, 0.1) is 13.1 Å². The van der Waals surface area contributed by atoms with Crippen LogP contribution in [0.1, 0.15) is 57.1 Å². The molecule has 1 aromatic rings. The number of benzene rings is 1. The van der Waals surface area contributed by atoms with Gasteiger partial charge < -0.3 is 29.8 Å². The highest BCUT2D eigenvalue weighted by molar-refractivity contribution is 5.76. The number of likely N-dealkylation sites (tertiary alicyclic amines) is 1. The number of amides is 1. The Labute approximate surface area is 166 Å². The van der Waals surface area contributed by atoms with Gasteiger partial charge in [-0.1, -0.05) is 25.8 Å². The molecule has 28 heavy (non-hydrogen) atoms. The molecule has 0 radical (unpaired) electrons. The van der Waals surface area contributed by atoms with Crippen LogP contribution in [0.2, 0.25) is 0 Å². The van der Waals surface area contributed by atoms with Crippen LogP contribution in [-0.2, 0) is 4.79 Å². The summed E-state index contributed by atoms with van der Waals surface area (Å²) >= 11 is 0. The molecule has 2 N–H and O–H groups in total. The van der Waals surface area contributed by atoms with Crippen molar-refractivity contribution in [2.24, 2.45) is 0 Å². The lowest BCUT2D eigenvalue weighted by Gasteiger charge is -2.42. The summed E-state index contributed by atoms with van der Waals surface area (Å²) in [4.78, 5) is 12.4. The molecule has 7 heteroatoms. The summed E-state index contributed by atoms with van der Waals surface area (Å²) in [6, 6.07) is 4.65. The lowest BCUT2D eigenvalue weighted by atomic mass is 10.0. The monoisotopic (exact) mass is 392 g/mol. The first-order valence-corrected chi connectivity index (χ1v) is 10.4. The van der Waals surface area contributed by atoms with Gasteiger partial charge in [-0.3, -0.25) is 4.79 Å².